The molecule has 8 nitrogen and oxygen atoms in total. The summed E-state index contributed by atoms with van der Waals surface area (Å²) < 4.78 is 60.5. The summed E-state index contributed by atoms with van der Waals surface area (Å²) in [7, 11) is 1.50. The van der Waals surface area contributed by atoms with Crippen LogP contribution in [0.4, 0.5) is 39.5 Å². The van der Waals surface area contributed by atoms with Gasteiger partial charge >= 0.3 is 12.2 Å². The normalized spacial score (nSPS) is 11.6. The highest BCUT2D eigenvalue weighted by molar-refractivity contribution is 6.33. The number of methoxy groups -OCH3 is 1. The van der Waals surface area contributed by atoms with Crippen molar-refractivity contribution in [3.8, 4) is 11.1 Å². The first-order chi connectivity index (χ1) is 16.6. The molecule has 4 N–H and O–H groups in total. The van der Waals surface area contributed by atoms with Crippen molar-refractivity contribution in [1.29, 1.82) is 0 Å². The number of hydrogen-bond acceptors (Lipinski definition) is 5. The molecule has 0 unspecified atom stereocenters. The van der Waals surface area contributed by atoms with Gasteiger partial charge in [0.2, 0.25) is 0 Å². The van der Waals surface area contributed by atoms with E-state index in [-0.39, 0.29) is 28.8 Å². The molecule has 4 rings (SSSR count). The summed E-state index contributed by atoms with van der Waals surface area (Å²) in [6.45, 7) is 0.194. The number of ether oxygens (including phenoxy) is 1. The lowest BCUT2D eigenvalue weighted by atomic mass is 10.0. The Morgan fingerprint density at radius 1 is 1.17 bits per heavy atom. The van der Waals surface area contributed by atoms with E-state index in [0.29, 0.717) is 28.3 Å². The highest BCUT2D eigenvalue weighted by atomic mass is 35.5. The average Bonchev–Trinajstić information content (AvgIpc) is 3.15. The summed E-state index contributed by atoms with van der Waals surface area (Å²) in [5.41, 5.74) is 6.62. The molecule has 182 valence electrons. The lowest BCUT2D eigenvalue weighted by Crippen LogP contribution is -2.20. The molecule has 13 heteroatoms. The van der Waals surface area contributed by atoms with Gasteiger partial charge in [-0.1, -0.05) is 17.7 Å². The first-order valence-corrected chi connectivity index (χ1v) is 10.3. The van der Waals surface area contributed by atoms with E-state index in [4.69, 9.17) is 22.1 Å². The van der Waals surface area contributed by atoms with Crippen LogP contribution in [0, 0.1) is 5.82 Å². The van der Waals surface area contributed by atoms with Crippen LogP contribution in [0.1, 0.15) is 11.1 Å². The predicted molar refractivity (Wildman–Crippen MR) is 123 cm³/mol. The molecule has 0 atom stereocenters. The number of anilines is 3. The van der Waals surface area contributed by atoms with Gasteiger partial charge in [-0.05, 0) is 35.9 Å². The minimum absolute atomic E-state index is 0.116. The lowest BCUT2D eigenvalue weighted by molar-refractivity contribution is -0.137. The Balaban J connectivity index is 1.61. The molecule has 4 aromatic rings. The number of aromatic nitrogens is 3. The fourth-order valence-corrected chi connectivity index (χ4v) is 3.68. The van der Waals surface area contributed by atoms with E-state index in [1.165, 1.54) is 36.2 Å². The number of fused-ring (bicyclic) bond motifs is 1. The van der Waals surface area contributed by atoms with E-state index >= 15 is 0 Å². The summed E-state index contributed by atoms with van der Waals surface area (Å²) in [4.78, 5) is 16.3. The van der Waals surface area contributed by atoms with Gasteiger partial charge in [0.25, 0.3) is 0 Å². The van der Waals surface area contributed by atoms with Crippen molar-refractivity contribution in [2.24, 2.45) is 0 Å². The maximum Gasteiger partial charge on any atom is 0.416 e. The van der Waals surface area contributed by atoms with Crippen molar-refractivity contribution in [1.82, 2.24) is 14.6 Å². The van der Waals surface area contributed by atoms with Gasteiger partial charge in [0, 0.05) is 24.4 Å². The molecule has 0 bridgehead atoms. The summed E-state index contributed by atoms with van der Waals surface area (Å²) >= 11 is 5.89. The second-order valence-electron chi connectivity index (χ2n) is 7.37. The molecule has 2 aromatic heterocycles. The Morgan fingerprint density at radius 3 is 2.60 bits per heavy atom. The lowest BCUT2D eigenvalue weighted by Gasteiger charge is -2.13. The molecular formula is C22H17ClF4N6O2. The van der Waals surface area contributed by atoms with Gasteiger partial charge in [-0.25, -0.2) is 18.7 Å². The molecule has 2 amide bonds. The quantitative estimate of drug-likeness (QED) is 0.305. The summed E-state index contributed by atoms with van der Waals surface area (Å²) in [6, 6.07) is 5.51. The van der Waals surface area contributed by atoms with Crippen molar-refractivity contribution in [3.05, 3.63) is 70.9 Å². The topological polar surface area (TPSA) is 107 Å². The Hall–Kier alpha value is -3.90. The Labute approximate surface area is 200 Å². The van der Waals surface area contributed by atoms with Crippen LogP contribution < -0.4 is 16.4 Å². The van der Waals surface area contributed by atoms with Crippen molar-refractivity contribution in [2.45, 2.75) is 12.8 Å². The molecule has 0 radical (unpaired) electrons. The van der Waals surface area contributed by atoms with Gasteiger partial charge < -0.3 is 21.1 Å². The Morgan fingerprint density at radius 2 is 1.91 bits per heavy atom. The number of nitrogens with one attached hydrogen (secondary N) is 2. The van der Waals surface area contributed by atoms with Crippen molar-refractivity contribution in [3.63, 3.8) is 0 Å². The van der Waals surface area contributed by atoms with E-state index < -0.39 is 23.6 Å². The van der Waals surface area contributed by atoms with Gasteiger partial charge in [0.1, 0.15) is 17.7 Å². The third-order valence-electron chi connectivity index (χ3n) is 5.03. The van der Waals surface area contributed by atoms with Crippen LogP contribution in [0.25, 0.3) is 16.6 Å². The molecular weight excluding hydrogens is 492 g/mol. The fraction of sp³-hybridized carbons (Fsp3) is 0.136. The standard InChI is InChI=1S/C22H17ClF4N6O2/c1-35-9-12-8-33-19(20(28)29-10-30-33)18(12)11-2-5-16(15(24)6-11)31-21(34)32-17-7-13(22(25,26)27)3-4-14(17)23/h2-8,10H,9H2,1H3,(H2,28,29,30)(H2,31,32,34). The third-order valence-corrected chi connectivity index (χ3v) is 5.36. The number of urea groups is 1. The number of nitrogens with zero attached hydrogens (tertiary/aromatic N) is 3. The van der Waals surface area contributed by atoms with Crippen molar-refractivity contribution < 1.29 is 27.1 Å². The number of rotatable bonds is 5. The van der Waals surface area contributed by atoms with Crippen LogP contribution in [-0.4, -0.2) is 27.7 Å². The molecule has 0 saturated carbocycles. The maximum absolute atomic E-state index is 14.9. The van der Waals surface area contributed by atoms with Crippen LogP contribution in [0.2, 0.25) is 5.02 Å². The Kier molecular flexibility index (Phi) is 6.50. The highest BCUT2D eigenvalue weighted by Gasteiger charge is 2.31. The van der Waals surface area contributed by atoms with Crippen molar-refractivity contribution >= 4 is 40.3 Å². The number of carbonyl (C=O) groups is 1. The molecule has 0 aliphatic rings. The van der Waals surface area contributed by atoms with Crippen LogP contribution in [0.3, 0.4) is 0 Å². The second kappa shape index (κ2) is 9.39. The van der Waals surface area contributed by atoms with Crippen LogP contribution in [-0.2, 0) is 17.5 Å². The molecule has 35 heavy (non-hydrogen) atoms. The number of nitrogens with two attached hydrogens (primary N) is 1. The number of carbonyl (C=O) groups excluding carboxylic acids is 1. The summed E-state index contributed by atoms with van der Waals surface area (Å²) in [5.74, 6) is -0.622. The van der Waals surface area contributed by atoms with Gasteiger partial charge in [-0.3, -0.25) is 0 Å². The van der Waals surface area contributed by atoms with E-state index in [1.807, 2.05) is 0 Å². The second-order valence-corrected chi connectivity index (χ2v) is 7.77. The smallest absolute Gasteiger partial charge is 0.382 e. The summed E-state index contributed by atoms with van der Waals surface area (Å²) in [5, 5.41) is 8.45. The van der Waals surface area contributed by atoms with Crippen LogP contribution >= 0.6 is 11.6 Å². The fourth-order valence-electron chi connectivity index (χ4n) is 3.52. The average molecular weight is 509 g/mol. The maximum atomic E-state index is 14.9. The van der Waals surface area contributed by atoms with E-state index in [0.717, 1.165) is 12.1 Å². The first kappa shape index (κ1) is 24.2. The van der Waals surface area contributed by atoms with E-state index in [9.17, 15) is 22.4 Å². The minimum atomic E-state index is -4.63. The largest absolute Gasteiger partial charge is 0.416 e. The number of amides is 2. The molecule has 2 heterocycles. The number of alkyl halides is 3. The SMILES string of the molecule is COCc1cn2ncnc(N)c2c1-c1ccc(NC(=O)Nc2cc(C(F)(F)F)ccc2Cl)c(F)c1. The molecule has 0 fully saturated rings. The van der Waals surface area contributed by atoms with Gasteiger partial charge in [-0.15, -0.1) is 0 Å². The number of halogens is 5. The molecule has 2 aromatic carbocycles. The van der Waals surface area contributed by atoms with Crippen molar-refractivity contribution in [2.75, 3.05) is 23.5 Å². The monoisotopic (exact) mass is 508 g/mol. The molecule has 0 spiro atoms. The molecule has 0 saturated heterocycles. The molecule has 0 aliphatic heterocycles. The van der Waals surface area contributed by atoms with Gasteiger partial charge in [0.05, 0.1) is 28.6 Å². The van der Waals surface area contributed by atoms with Gasteiger partial charge in [-0.2, -0.15) is 18.3 Å². The first-order valence-electron chi connectivity index (χ1n) is 9.92. The Bertz CT molecular complexity index is 1420. The van der Waals surface area contributed by atoms with E-state index in [2.05, 4.69) is 20.7 Å². The van der Waals surface area contributed by atoms with E-state index in [1.54, 1.807) is 6.20 Å². The minimum Gasteiger partial charge on any atom is -0.382 e. The number of nitrogen functional groups attached to an aromatic ring is 1. The predicted octanol–water partition coefficient (Wildman–Crippen LogP) is 5.58. The number of benzene rings is 2. The third kappa shape index (κ3) is 4.98. The summed E-state index contributed by atoms with van der Waals surface area (Å²) in [6.07, 6.45) is -1.66. The zero-order chi connectivity index (χ0) is 25.3. The highest BCUT2D eigenvalue weighted by Crippen LogP contribution is 2.35. The zero-order valence-electron chi connectivity index (χ0n) is 18.0. The van der Waals surface area contributed by atoms with Gasteiger partial charge in [0.15, 0.2) is 5.82 Å². The van der Waals surface area contributed by atoms with Crippen LogP contribution in [0.5, 0.6) is 0 Å². The molecule has 0 aliphatic carbocycles. The number of hydrogen-bond donors (Lipinski definition) is 3. The zero-order valence-corrected chi connectivity index (χ0v) is 18.7. The van der Waals surface area contributed by atoms with Crippen LogP contribution in [0.15, 0.2) is 48.9 Å².